The van der Waals surface area contributed by atoms with E-state index in [9.17, 15) is 14.4 Å². The standard InChI is InChI=1S/C19H21N3O4/c1-22(2)18(24)10-20-17(23)11-26-19(25)14-9-16(12-7-8-12)21-15-6-4-3-5-13(14)15/h3-6,9,12H,7-8,10-11H2,1-2H3,(H,20,23). The van der Waals surface area contributed by atoms with Gasteiger partial charge in [-0.2, -0.15) is 0 Å². The van der Waals surface area contributed by atoms with Crippen LogP contribution in [0.3, 0.4) is 0 Å². The predicted octanol–water partition coefficient (Wildman–Crippen LogP) is 1.47. The van der Waals surface area contributed by atoms with E-state index >= 15 is 0 Å². The van der Waals surface area contributed by atoms with Gasteiger partial charge in [0.05, 0.1) is 17.6 Å². The first-order valence-electron chi connectivity index (χ1n) is 8.49. The monoisotopic (exact) mass is 355 g/mol. The zero-order chi connectivity index (χ0) is 18.7. The van der Waals surface area contributed by atoms with Gasteiger partial charge in [-0.1, -0.05) is 18.2 Å². The number of carbonyl (C=O) groups is 3. The van der Waals surface area contributed by atoms with Crippen LogP contribution in [0.5, 0.6) is 0 Å². The molecule has 26 heavy (non-hydrogen) atoms. The van der Waals surface area contributed by atoms with Crippen LogP contribution in [0.15, 0.2) is 30.3 Å². The number of fused-ring (bicyclic) bond motifs is 1. The molecule has 2 aromatic rings. The van der Waals surface area contributed by atoms with Crippen molar-refractivity contribution in [2.45, 2.75) is 18.8 Å². The second kappa shape index (κ2) is 7.51. The third-order valence-electron chi connectivity index (χ3n) is 4.22. The Bertz CT molecular complexity index is 859. The number of para-hydroxylation sites is 1. The van der Waals surface area contributed by atoms with Gasteiger partial charge in [0.1, 0.15) is 0 Å². The minimum atomic E-state index is -0.570. The van der Waals surface area contributed by atoms with Crippen molar-refractivity contribution in [1.29, 1.82) is 0 Å². The molecule has 1 heterocycles. The zero-order valence-corrected chi connectivity index (χ0v) is 14.8. The molecule has 0 bridgehead atoms. The zero-order valence-electron chi connectivity index (χ0n) is 14.8. The number of nitrogens with one attached hydrogen (secondary N) is 1. The maximum absolute atomic E-state index is 12.5. The third-order valence-corrected chi connectivity index (χ3v) is 4.22. The molecule has 3 rings (SSSR count). The molecule has 136 valence electrons. The Hall–Kier alpha value is -2.96. The molecule has 1 aliphatic carbocycles. The van der Waals surface area contributed by atoms with E-state index in [-0.39, 0.29) is 12.5 Å². The van der Waals surface area contributed by atoms with Crippen LogP contribution in [0.1, 0.15) is 34.8 Å². The van der Waals surface area contributed by atoms with E-state index in [4.69, 9.17) is 4.74 Å². The van der Waals surface area contributed by atoms with Crippen LogP contribution in [0.4, 0.5) is 0 Å². The number of aromatic nitrogens is 1. The molecule has 0 atom stereocenters. The minimum absolute atomic E-state index is 0.132. The molecule has 0 radical (unpaired) electrons. The molecule has 7 nitrogen and oxygen atoms in total. The van der Waals surface area contributed by atoms with Crippen molar-refractivity contribution < 1.29 is 19.1 Å². The fourth-order valence-electron chi connectivity index (χ4n) is 2.55. The Morgan fingerprint density at radius 3 is 2.65 bits per heavy atom. The highest BCUT2D eigenvalue weighted by Crippen LogP contribution is 2.40. The molecule has 1 aliphatic rings. The molecule has 0 aliphatic heterocycles. The smallest absolute Gasteiger partial charge is 0.339 e. The SMILES string of the molecule is CN(C)C(=O)CNC(=O)COC(=O)c1cc(C2CC2)nc2ccccc12. The lowest BCUT2D eigenvalue weighted by Gasteiger charge is -2.12. The van der Waals surface area contributed by atoms with Crippen LogP contribution in [0.25, 0.3) is 10.9 Å². The molecule has 0 saturated heterocycles. The summed E-state index contributed by atoms with van der Waals surface area (Å²) < 4.78 is 5.14. The Morgan fingerprint density at radius 1 is 1.23 bits per heavy atom. The van der Waals surface area contributed by atoms with Crippen molar-refractivity contribution in [3.8, 4) is 0 Å². The van der Waals surface area contributed by atoms with Gasteiger partial charge in [0.15, 0.2) is 6.61 Å². The van der Waals surface area contributed by atoms with Gasteiger partial charge in [0.2, 0.25) is 5.91 Å². The molecule has 7 heteroatoms. The van der Waals surface area contributed by atoms with Gasteiger partial charge in [0.25, 0.3) is 5.91 Å². The first-order valence-corrected chi connectivity index (χ1v) is 8.49. The van der Waals surface area contributed by atoms with Gasteiger partial charge in [-0.05, 0) is 25.0 Å². The molecule has 1 aromatic carbocycles. The van der Waals surface area contributed by atoms with Crippen molar-refractivity contribution in [3.63, 3.8) is 0 Å². The van der Waals surface area contributed by atoms with Crippen molar-refractivity contribution >= 4 is 28.7 Å². The second-order valence-electron chi connectivity index (χ2n) is 6.53. The highest BCUT2D eigenvalue weighted by atomic mass is 16.5. The maximum atomic E-state index is 12.5. The Balaban J connectivity index is 1.68. The van der Waals surface area contributed by atoms with Gasteiger partial charge < -0.3 is 15.0 Å². The first-order chi connectivity index (χ1) is 12.5. The van der Waals surface area contributed by atoms with Gasteiger partial charge in [-0.15, -0.1) is 0 Å². The number of esters is 1. The summed E-state index contributed by atoms with van der Waals surface area (Å²) in [5.74, 6) is -0.931. The maximum Gasteiger partial charge on any atom is 0.339 e. The summed E-state index contributed by atoms with van der Waals surface area (Å²) in [6.07, 6.45) is 2.14. The van der Waals surface area contributed by atoms with E-state index in [0.717, 1.165) is 24.1 Å². The van der Waals surface area contributed by atoms with Gasteiger partial charge >= 0.3 is 5.97 Å². The number of benzene rings is 1. The summed E-state index contributed by atoms with van der Waals surface area (Å²) in [4.78, 5) is 41.7. The number of hydrogen-bond acceptors (Lipinski definition) is 5. The van der Waals surface area contributed by atoms with Crippen molar-refractivity contribution in [1.82, 2.24) is 15.2 Å². The Labute approximate surface area is 151 Å². The predicted molar refractivity (Wildman–Crippen MR) is 95.7 cm³/mol. The highest BCUT2D eigenvalue weighted by Gasteiger charge is 2.27. The number of ether oxygens (including phenoxy) is 1. The average Bonchev–Trinajstić information content (AvgIpc) is 3.48. The lowest BCUT2D eigenvalue weighted by Crippen LogP contribution is -2.38. The molecule has 2 amide bonds. The lowest BCUT2D eigenvalue weighted by atomic mass is 10.1. The van der Waals surface area contributed by atoms with Crippen molar-refractivity contribution in [3.05, 3.63) is 41.6 Å². The van der Waals surface area contributed by atoms with E-state index < -0.39 is 18.5 Å². The van der Waals surface area contributed by atoms with E-state index in [1.54, 1.807) is 20.2 Å². The fourth-order valence-corrected chi connectivity index (χ4v) is 2.55. The summed E-state index contributed by atoms with van der Waals surface area (Å²) in [6, 6.07) is 9.13. The molecular formula is C19H21N3O4. The average molecular weight is 355 g/mol. The summed E-state index contributed by atoms with van der Waals surface area (Å²) in [7, 11) is 3.20. The minimum Gasteiger partial charge on any atom is -0.452 e. The second-order valence-corrected chi connectivity index (χ2v) is 6.53. The number of carbonyl (C=O) groups excluding carboxylic acids is 3. The highest BCUT2D eigenvalue weighted by molar-refractivity contribution is 6.04. The lowest BCUT2D eigenvalue weighted by molar-refractivity contribution is -0.131. The summed E-state index contributed by atoms with van der Waals surface area (Å²) in [6.45, 7) is -0.567. The molecular weight excluding hydrogens is 334 g/mol. The number of likely N-dealkylation sites (N-methyl/N-ethyl adjacent to an activating group) is 1. The molecule has 1 saturated carbocycles. The first kappa shape index (κ1) is 17.8. The number of pyridine rings is 1. The third kappa shape index (κ3) is 4.17. The van der Waals surface area contributed by atoms with E-state index in [2.05, 4.69) is 10.3 Å². The Kier molecular flexibility index (Phi) is 5.16. The van der Waals surface area contributed by atoms with Crippen LogP contribution in [0.2, 0.25) is 0 Å². The van der Waals surface area contributed by atoms with Crippen LogP contribution in [0, 0.1) is 0 Å². The molecule has 1 fully saturated rings. The number of amides is 2. The van der Waals surface area contributed by atoms with Crippen LogP contribution >= 0.6 is 0 Å². The van der Waals surface area contributed by atoms with Gasteiger partial charge in [-0.3, -0.25) is 14.6 Å². The van der Waals surface area contributed by atoms with Crippen LogP contribution < -0.4 is 5.32 Å². The molecule has 1 N–H and O–H groups in total. The Morgan fingerprint density at radius 2 is 1.96 bits per heavy atom. The van der Waals surface area contributed by atoms with Crippen LogP contribution in [-0.4, -0.2) is 54.9 Å². The summed E-state index contributed by atoms with van der Waals surface area (Å²) in [5, 5.41) is 3.13. The normalized spacial score (nSPS) is 13.3. The van der Waals surface area contributed by atoms with Gasteiger partial charge in [-0.25, -0.2) is 4.79 Å². The van der Waals surface area contributed by atoms with E-state index in [1.807, 2.05) is 24.3 Å². The molecule has 1 aromatic heterocycles. The fraction of sp³-hybridized carbons (Fsp3) is 0.368. The van der Waals surface area contributed by atoms with E-state index in [1.165, 1.54) is 4.90 Å². The quantitative estimate of drug-likeness (QED) is 0.793. The largest absolute Gasteiger partial charge is 0.452 e. The topological polar surface area (TPSA) is 88.6 Å². The summed E-state index contributed by atoms with van der Waals surface area (Å²) >= 11 is 0. The number of nitrogens with zero attached hydrogens (tertiary/aromatic N) is 2. The van der Waals surface area contributed by atoms with Crippen molar-refractivity contribution in [2.75, 3.05) is 27.2 Å². The van der Waals surface area contributed by atoms with Crippen LogP contribution in [-0.2, 0) is 14.3 Å². The number of hydrogen-bond donors (Lipinski definition) is 1. The number of rotatable bonds is 6. The van der Waals surface area contributed by atoms with Crippen molar-refractivity contribution in [2.24, 2.45) is 0 Å². The van der Waals surface area contributed by atoms with Gasteiger partial charge in [0, 0.05) is 31.1 Å². The molecule has 0 spiro atoms. The summed E-state index contributed by atoms with van der Waals surface area (Å²) in [5.41, 5.74) is 2.04. The van der Waals surface area contributed by atoms with E-state index in [0.29, 0.717) is 16.9 Å². The molecule has 0 unspecified atom stereocenters.